The number of hydrogen-bond donors (Lipinski definition) is 3. The van der Waals surface area contributed by atoms with Gasteiger partial charge in [0.05, 0.1) is 40.7 Å². The SMILES string of the molecule is N#Cc1ccc(N2CCC(N)CC2)c(NC(=O)c2[nH]c3cc(Cl)ccc3c2-c2c(-c3ccccc3)ncn2CCc2ccc(Cl)cc2Cl)c1. The Bertz CT molecular complexity index is 2210. The minimum Gasteiger partial charge on any atom is -0.370 e. The summed E-state index contributed by atoms with van der Waals surface area (Å²) in [5.41, 5.74) is 13.1. The zero-order valence-electron chi connectivity index (χ0n) is 26.4. The van der Waals surface area contributed by atoms with Crippen LogP contribution in [0, 0.1) is 11.3 Å². The second kappa shape index (κ2) is 14.0. The first-order valence-corrected chi connectivity index (χ1v) is 17.1. The van der Waals surface area contributed by atoms with Crippen LogP contribution in [0.3, 0.4) is 0 Å². The van der Waals surface area contributed by atoms with Crippen LogP contribution in [0.5, 0.6) is 0 Å². The number of benzene rings is 4. The molecule has 1 saturated heterocycles. The summed E-state index contributed by atoms with van der Waals surface area (Å²) in [5.74, 6) is -0.361. The zero-order chi connectivity index (χ0) is 34.1. The van der Waals surface area contributed by atoms with Crippen molar-refractivity contribution in [3.8, 4) is 28.6 Å². The topological polar surface area (TPSA) is 116 Å². The molecule has 0 saturated carbocycles. The van der Waals surface area contributed by atoms with Gasteiger partial charge in [0.25, 0.3) is 5.91 Å². The van der Waals surface area contributed by atoms with E-state index < -0.39 is 0 Å². The summed E-state index contributed by atoms with van der Waals surface area (Å²) in [5, 5.41) is 15.4. The predicted octanol–water partition coefficient (Wildman–Crippen LogP) is 8.95. The lowest BCUT2D eigenvalue weighted by Gasteiger charge is -2.33. The lowest BCUT2D eigenvalue weighted by Crippen LogP contribution is -2.40. The molecular weight excluding hydrogens is 677 g/mol. The monoisotopic (exact) mass is 707 g/mol. The van der Waals surface area contributed by atoms with Gasteiger partial charge < -0.3 is 25.5 Å². The first-order valence-electron chi connectivity index (χ1n) is 16.0. The predicted molar refractivity (Wildman–Crippen MR) is 199 cm³/mol. The van der Waals surface area contributed by atoms with Gasteiger partial charge in [0.1, 0.15) is 5.69 Å². The molecule has 4 aromatic carbocycles. The normalized spacial score (nSPS) is 13.5. The highest BCUT2D eigenvalue weighted by Gasteiger charge is 2.27. The van der Waals surface area contributed by atoms with Crippen LogP contribution in [-0.2, 0) is 13.0 Å². The van der Waals surface area contributed by atoms with Crippen molar-refractivity contribution in [3.05, 3.63) is 123 Å². The lowest BCUT2D eigenvalue weighted by molar-refractivity contribution is 0.102. The number of aryl methyl sites for hydroxylation is 2. The second-order valence-corrected chi connectivity index (χ2v) is 13.5. The molecule has 1 aliphatic heterocycles. The number of nitrogens with two attached hydrogens (primary N) is 1. The molecule has 3 heterocycles. The van der Waals surface area contributed by atoms with Gasteiger partial charge in [0.2, 0.25) is 0 Å². The van der Waals surface area contributed by atoms with Crippen molar-refractivity contribution >= 4 is 63.0 Å². The van der Waals surface area contributed by atoms with E-state index in [2.05, 4.69) is 25.8 Å². The average Bonchev–Trinajstić information content (AvgIpc) is 3.69. The Morgan fingerprint density at radius 3 is 2.49 bits per heavy atom. The molecule has 1 aliphatic rings. The van der Waals surface area contributed by atoms with Crippen molar-refractivity contribution in [1.82, 2.24) is 14.5 Å². The number of H-pyrrole nitrogens is 1. The fraction of sp³-hybridized carbons (Fsp3) is 0.184. The Morgan fingerprint density at radius 1 is 0.980 bits per heavy atom. The molecule has 6 aromatic rings. The summed E-state index contributed by atoms with van der Waals surface area (Å²) < 4.78 is 2.06. The lowest BCUT2D eigenvalue weighted by atomic mass is 10.0. The number of carbonyl (C=O) groups excluding carboxylic acids is 1. The Hall–Kier alpha value is -4.78. The summed E-state index contributed by atoms with van der Waals surface area (Å²) in [6, 6.07) is 28.7. The van der Waals surface area contributed by atoms with E-state index in [1.807, 2.05) is 66.7 Å². The number of imidazole rings is 1. The quantitative estimate of drug-likeness (QED) is 0.146. The highest BCUT2D eigenvalue weighted by Crippen LogP contribution is 2.40. The number of halogens is 3. The first kappa shape index (κ1) is 32.8. The maximum Gasteiger partial charge on any atom is 0.272 e. The van der Waals surface area contributed by atoms with Gasteiger partial charge in [-0.2, -0.15) is 5.26 Å². The van der Waals surface area contributed by atoms with Gasteiger partial charge >= 0.3 is 0 Å². The van der Waals surface area contributed by atoms with Crippen molar-refractivity contribution in [3.63, 3.8) is 0 Å². The molecule has 246 valence electrons. The van der Waals surface area contributed by atoms with Gasteiger partial charge in [0, 0.05) is 62.8 Å². The summed E-state index contributed by atoms with van der Waals surface area (Å²) >= 11 is 19.2. The minimum absolute atomic E-state index is 0.146. The Labute approximate surface area is 299 Å². The van der Waals surface area contributed by atoms with E-state index in [-0.39, 0.29) is 11.9 Å². The molecule has 7 rings (SSSR count). The van der Waals surface area contributed by atoms with E-state index in [4.69, 9.17) is 45.5 Å². The molecule has 0 bridgehead atoms. The van der Waals surface area contributed by atoms with Gasteiger partial charge in [-0.05, 0) is 67.3 Å². The van der Waals surface area contributed by atoms with Crippen LogP contribution in [0.1, 0.15) is 34.5 Å². The van der Waals surface area contributed by atoms with Gasteiger partial charge in [-0.25, -0.2) is 4.98 Å². The van der Waals surface area contributed by atoms with Crippen molar-refractivity contribution in [2.75, 3.05) is 23.3 Å². The highest BCUT2D eigenvalue weighted by atomic mass is 35.5. The van der Waals surface area contributed by atoms with Crippen LogP contribution >= 0.6 is 34.8 Å². The van der Waals surface area contributed by atoms with Gasteiger partial charge in [-0.3, -0.25) is 4.79 Å². The molecule has 4 N–H and O–H groups in total. The number of nitrogens with zero attached hydrogens (tertiary/aromatic N) is 4. The Morgan fingerprint density at radius 2 is 1.73 bits per heavy atom. The molecule has 0 radical (unpaired) electrons. The molecular formula is C38H32Cl3N7O. The number of aromatic amines is 1. The molecule has 0 aliphatic carbocycles. The van der Waals surface area contributed by atoms with Crippen LogP contribution < -0.4 is 16.0 Å². The number of piperidine rings is 1. The van der Waals surface area contributed by atoms with E-state index in [1.165, 1.54) is 0 Å². The van der Waals surface area contributed by atoms with Crippen LogP contribution in [0.2, 0.25) is 15.1 Å². The molecule has 8 nitrogen and oxygen atoms in total. The third-order valence-corrected chi connectivity index (χ3v) is 9.82. The number of rotatable bonds is 8. The Balaban J connectivity index is 1.35. The van der Waals surface area contributed by atoms with Crippen LogP contribution in [0.15, 0.2) is 91.3 Å². The van der Waals surface area contributed by atoms with Gasteiger partial charge in [-0.1, -0.05) is 77.3 Å². The Kier molecular flexibility index (Phi) is 9.35. The molecule has 0 atom stereocenters. The standard InChI is InChI=1S/C38H32Cl3N7O/c39-26-8-7-24(30(41)19-26)12-15-48-22-44-35(25-4-2-1-3-5-25)37(48)34-29-10-9-27(40)20-31(29)45-36(34)38(49)46-32-18-23(21-42)6-11-33(32)47-16-13-28(43)14-17-47/h1-11,18-20,22,28,45H,12-17,43H2,(H,46,49). The number of aromatic nitrogens is 3. The van der Waals surface area contributed by atoms with Crippen LogP contribution in [0.25, 0.3) is 33.4 Å². The fourth-order valence-corrected chi connectivity index (χ4v) is 7.15. The van der Waals surface area contributed by atoms with E-state index in [0.717, 1.165) is 59.5 Å². The first-order chi connectivity index (χ1) is 23.8. The minimum atomic E-state index is -0.361. The molecule has 1 amide bonds. The van der Waals surface area contributed by atoms with Crippen LogP contribution in [0.4, 0.5) is 11.4 Å². The molecule has 2 aromatic heterocycles. The number of nitriles is 1. The summed E-state index contributed by atoms with van der Waals surface area (Å²) in [6.07, 6.45) is 4.09. The molecule has 0 unspecified atom stereocenters. The number of amides is 1. The smallest absolute Gasteiger partial charge is 0.272 e. The molecule has 49 heavy (non-hydrogen) atoms. The summed E-state index contributed by atoms with van der Waals surface area (Å²) in [7, 11) is 0. The maximum atomic E-state index is 14.5. The molecule has 1 fully saturated rings. The van der Waals surface area contributed by atoms with Gasteiger partial charge in [0.15, 0.2) is 0 Å². The average molecular weight is 709 g/mol. The maximum absolute atomic E-state index is 14.5. The second-order valence-electron chi connectivity index (χ2n) is 12.2. The van der Waals surface area contributed by atoms with Crippen molar-refractivity contribution in [1.29, 1.82) is 5.26 Å². The van der Waals surface area contributed by atoms with Crippen molar-refractivity contribution in [2.45, 2.75) is 31.8 Å². The molecule has 0 spiro atoms. The zero-order valence-corrected chi connectivity index (χ0v) is 28.7. The third-order valence-electron chi connectivity index (χ3n) is 9.00. The van der Waals surface area contributed by atoms with Crippen molar-refractivity contribution in [2.24, 2.45) is 5.73 Å². The number of fused-ring (bicyclic) bond motifs is 1. The third kappa shape index (κ3) is 6.76. The van der Waals surface area contributed by atoms with Crippen molar-refractivity contribution < 1.29 is 4.79 Å². The van der Waals surface area contributed by atoms with E-state index in [9.17, 15) is 10.1 Å². The van der Waals surface area contributed by atoms with Gasteiger partial charge in [-0.15, -0.1) is 0 Å². The van der Waals surface area contributed by atoms with Crippen LogP contribution in [-0.4, -0.2) is 39.6 Å². The number of carbonyl (C=O) groups is 1. The summed E-state index contributed by atoms with van der Waals surface area (Å²) in [6.45, 7) is 2.04. The number of nitrogens with one attached hydrogen (secondary N) is 2. The van der Waals surface area contributed by atoms with E-state index in [1.54, 1.807) is 24.5 Å². The number of hydrogen-bond acceptors (Lipinski definition) is 5. The van der Waals surface area contributed by atoms with E-state index in [0.29, 0.717) is 56.1 Å². The summed E-state index contributed by atoms with van der Waals surface area (Å²) in [4.78, 5) is 25.0. The largest absolute Gasteiger partial charge is 0.370 e. The van der Waals surface area contributed by atoms with E-state index >= 15 is 0 Å². The number of anilines is 2. The fourth-order valence-electron chi connectivity index (χ4n) is 6.48. The highest BCUT2D eigenvalue weighted by molar-refractivity contribution is 6.35. The molecule has 11 heteroatoms.